The van der Waals surface area contributed by atoms with E-state index in [-0.39, 0.29) is 11.1 Å². The fourth-order valence-corrected chi connectivity index (χ4v) is 3.09. The molecule has 116 valence electrons. The smallest absolute Gasteiger partial charge is 0.0623 e. The van der Waals surface area contributed by atoms with Crippen molar-refractivity contribution < 1.29 is 4.74 Å². The minimum absolute atomic E-state index is 0.0345. The van der Waals surface area contributed by atoms with Crippen molar-refractivity contribution in [1.82, 2.24) is 10.2 Å². The molecule has 1 N–H and O–H groups in total. The molecule has 0 aromatic rings. The molecule has 0 aliphatic heterocycles. The predicted octanol–water partition coefficient (Wildman–Crippen LogP) is 3.29. The molecule has 0 aliphatic carbocycles. The monoisotopic (exact) mass is 272 g/mol. The van der Waals surface area contributed by atoms with Crippen molar-refractivity contribution in [3.8, 4) is 0 Å². The summed E-state index contributed by atoms with van der Waals surface area (Å²) >= 11 is 0. The van der Waals surface area contributed by atoms with Gasteiger partial charge in [0.15, 0.2) is 0 Å². The van der Waals surface area contributed by atoms with Gasteiger partial charge in [0.1, 0.15) is 0 Å². The molecular formula is C16H36N2O. The van der Waals surface area contributed by atoms with Gasteiger partial charge in [-0.1, -0.05) is 20.8 Å². The number of rotatable bonds is 10. The van der Waals surface area contributed by atoms with Crippen molar-refractivity contribution in [2.45, 2.75) is 77.5 Å². The second-order valence-corrected chi connectivity index (χ2v) is 6.32. The Labute approximate surface area is 121 Å². The number of nitrogens with one attached hydrogen (secondary N) is 1. The van der Waals surface area contributed by atoms with Crippen LogP contribution >= 0.6 is 0 Å². The van der Waals surface area contributed by atoms with Crippen molar-refractivity contribution in [3.63, 3.8) is 0 Å². The van der Waals surface area contributed by atoms with Crippen LogP contribution in [0.3, 0.4) is 0 Å². The highest BCUT2D eigenvalue weighted by Gasteiger charge is 2.37. The summed E-state index contributed by atoms with van der Waals surface area (Å²) in [5.41, 5.74) is 0.201. The normalized spacial score (nSPS) is 15.0. The Morgan fingerprint density at radius 3 is 1.95 bits per heavy atom. The zero-order valence-electron chi connectivity index (χ0n) is 14.5. The number of methoxy groups -OCH3 is 1. The van der Waals surface area contributed by atoms with Crippen LogP contribution in [-0.4, -0.2) is 49.8 Å². The lowest BCUT2D eigenvalue weighted by atomic mass is 9.79. The van der Waals surface area contributed by atoms with Gasteiger partial charge in [0.25, 0.3) is 0 Å². The molecule has 0 aliphatic rings. The SMILES string of the molecule is CCNC(CCC(C)(C)OC)C(CC)(CC)N(C)C. The topological polar surface area (TPSA) is 24.5 Å². The third-order valence-corrected chi connectivity index (χ3v) is 4.80. The van der Waals surface area contributed by atoms with Crippen LogP contribution in [0.5, 0.6) is 0 Å². The van der Waals surface area contributed by atoms with Crippen LogP contribution in [0, 0.1) is 0 Å². The zero-order valence-corrected chi connectivity index (χ0v) is 14.5. The van der Waals surface area contributed by atoms with Gasteiger partial charge in [0, 0.05) is 18.7 Å². The lowest BCUT2D eigenvalue weighted by Crippen LogP contribution is -2.58. The van der Waals surface area contributed by atoms with Gasteiger partial charge in [0.2, 0.25) is 0 Å². The number of likely N-dealkylation sites (N-methyl/N-ethyl adjacent to an activating group) is 2. The van der Waals surface area contributed by atoms with Crippen molar-refractivity contribution in [3.05, 3.63) is 0 Å². The first-order valence-electron chi connectivity index (χ1n) is 7.75. The molecule has 1 atom stereocenters. The van der Waals surface area contributed by atoms with Crippen LogP contribution in [0.2, 0.25) is 0 Å². The van der Waals surface area contributed by atoms with E-state index in [1.807, 2.05) is 0 Å². The van der Waals surface area contributed by atoms with E-state index in [1.165, 1.54) is 12.8 Å². The molecule has 0 fully saturated rings. The van der Waals surface area contributed by atoms with Gasteiger partial charge in [-0.3, -0.25) is 0 Å². The molecular weight excluding hydrogens is 236 g/mol. The number of hydrogen-bond donors (Lipinski definition) is 1. The van der Waals surface area contributed by atoms with Gasteiger partial charge in [-0.05, 0) is 60.2 Å². The highest BCUT2D eigenvalue weighted by atomic mass is 16.5. The van der Waals surface area contributed by atoms with Gasteiger partial charge in [-0.15, -0.1) is 0 Å². The second kappa shape index (κ2) is 8.23. The third-order valence-electron chi connectivity index (χ3n) is 4.80. The first-order chi connectivity index (χ1) is 8.79. The van der Waals surface area contributed by atoms with E-state index in [0.29, 0.717) is 6.04 Å². The maximum atomic E-state index is 5.57. The number of nitrogens with zero attached hydrogens (tertiary/aromatic N) is 1. The van der Waals surface area contributed by atoms with Crippen molar-refractivity contribution in [2.24, 2.45) is 0 Å². The van der Waals surface area contributed by atoms with Gasteiger partial charge in [-0.25, -0.2) is 0 Å². The lowest BCUT2D eigenvalue weighted by molar-refractivity contribution is 0.00236. The van der Waals surface area contributed by atoms with Gasteiger partial charge < -0.3 is 15.0 Å². The Bertz CT molecular complexity index is 235. The van der Waals surface area contributed by atoms with E-state index < -0.39 is 0 Å². The van der Waals surface area contributed by atoms with Crippen LogP contribution in [-0.2, 0) is 4.74 Å². The van der Waals surface area contributed by atoms with Crippen LogP contribution in [0.1, 0.15) is 60.3 Å². The molecule has 0 heterocycles. The average Bonchev–Trinajstić information content (AvgIpc) is 2.37. The summed E-state index contributed by atoms with van der Waals surface area (Å²) in [7, 11) is 6.22. The Kier molecular flexibility index (Phi) is 8.18. The Balaban J connectivity index is 4.95. The minimum atomic E-state index is -0.0345. The molecule has 0 amide bonds. The summed E-state index contributed by atoms with van der Waals surface area (Å²) in [5, 5.41) is 3.71. The van der Waals surface area contributed by atoms with Crippen molar-refractivity contribution in [2.75, 3.05) is 27.7 Å². The molecule has 1 unspecified atom stereocenters. The summed E-state index contributed by atoms with van der Waals surface area (Å²) in [6.07, 6.45) is 4.56. The maximum Gasteiger partial charge on any atom is 0.0623 e. The lowest BCUT2D eigenvalue weighted by Gasteiger charge is -2.46. The molecule has 3 heteroatoms. The molecule has 19 heavy (non-hydrogen) atoms. The third kappa shape index (κ3) is 5.05. The van der Waals surface area contributed by atoms with Crippen LogP contribution in [0.25, 0.3) is 0 Å². The summed E-state index contributed by atoms with van der Waals surface area (Å²) in [4.78, 5) is 2.40. The largest absolute Gasteiger partial charge is 0.379 e. The van der Waals surface area contributed by atoms with Crippen LogP contribution in [0.15, 0.2) is 0 Å². The average molecular weight is 272 g/mol. The fraction of sp³-hybridized carbons (Fsp3) is 1.00. The van der Waals surface area contributed by atoms with Crippen molar-refractivity contribution in [1.29, 1.82) is 0 Å². The van der Waals surface area contributed by atoms with Crippen LogP contribution in [0.4, 0.5) is 0 Å². The molecule has 0 bridgehead atoms. The Hall–Kier alpha value is -0.120. The fourth-order valence-electron chi connectivity index (χ4n) is 3.09. The first-order valence-corrected chi connectivity index (χ1v) is 7.75. The molecule has 0 rings (SSSR count). The molecule has 0 aromatic carbocycles. The van der Waals surface area contributed by atoms with E-state index in [0.717, 1.165) is 19.4 Å². The molecule has 0 saturated carbocycles. The first kappa shape index (κ1) is 18.9. The van der Waals surface area contributed by atoms with Gasteiger partial charge in [0.05, 0.1) is 5.60 Å². The number of hydrogen-bond acceptors (Lipinski definition) is 3. The summed E-state index contributed by atoms with van der Waals surface area (Å²) < 4.78 is 5.57. The van der Waals surface area contributed by atoms with E-state index in [2.05, 4.69) is 58.9 Å². The maximum absolute atomic E-state index is 5.57. The van der Waals surface area contributed by atoms with Gasteiger partial charge >= 0.3 is 0 Å². The molecule has 0 radical (unpaired) electrons. The number of ether oxygens (including phenoxy) is 1. The standard InChI is InChI=1S/C16H36N2O/c1-9-16(10-2,18(6)7)14(17-11-3)12-13-15(4,5)19-8/h14,17H,9-13H2,1-8H3. The summed E-state index contributed by atoms with van der Waals surface area (Å²) in [5.74, 6) is 0. The minimum Gasteiger partial charge on any atom is -0.379 e. The van der Waals surface area contributed by atoms with Crippen LogP contribution < -0.4 is 5.32 Å². The zero-order chi connectivity index (χ0) is 15.1. The van der Waals surface area contributed by atoms with E-state index in [9.17, 15) is 0 Å². The highest BCUT2D eigenvalue weighted by molar-refractivity contribution is 4.97. The molecule has 0 saturated heterocycles. The van der Waals surface area contributed by atoms with Crippen molar-refractivity contribution >= 4 is 0 Å². The summed E-state index contributed by atoms with van der Waals surface area (Å²) in [6, 6.07) is 0.511. The Morgan fingerprint density at radius 2 is 1.63 bits per heavy atom. The molecule has 3 nitrogen and oxygen atoms in total. The van der Waals surface area contributed by atoms with E-state index in [1.54, 1.807) is 7.11 Å². The summed E-state index contributed by atoms with van der Waals surface area (Å²) in [6.45, 7) is 12.2. The molecule has 0 spiro atoms. The quantitative estimate of drug-likeness (QED) is 0.660. The second-order valence-electron chi connectivity index (χ2n) is 6.32. The van der Waals surface area contributed by atoms with E-state index in [4.69, 9.17) is 4.74 Å². The molecule has 0 aromatic heterocycles. The predicted molar refractivity (Wildman–Crippen MR) is 84.8 cm³/mol. The highest BCUT2D eigenvalue weighted by Crippen LogP contribution is 2.30. The van der Waals surface area contributed by atoms with E-state index >= 15 is 0 Å². The Morgan fingerprint density at radius 1 is 1.11 bits per heavy atom. The van der Waals surface area contributed by atoms with Gasteiger partial charge in [-0.2, -0.15) is 0 Å².